The van der Waals surface area contributed by atoms with E-state index in [1.54, 1.807) is 24.3 Å². The maximum absolute atomic E-state index is 12.5. The number of amides is 1. The van der Waals surface area contributed by atoms with Gasteiger partial charge in [0.1, 0.15) is 5.75 Å². The monoisotopic (exact) mass is 356 g/mol. The number of carbonyl (C=O) groups is 1. The highest BCUT2D eigenvalue weighted by atomic mass is 32.2. The second-order valence-electron chi connectivity index (χ2n) is 5.87. The first-order chi connectivity index (χ1) is 11.3. The van der Waals surface area contributed by atoms with Crippen LogP contribution >= 0.6 is 0 Å². The molecule has 1 saturated heterocycles. The van der Waals surface area contributed by atoms with Gasteiger partial charge in [-0.2, -0.15) is 0 Å². The van der Waals surface area contributed by atoms with E-state index in [0.717, 1.165) is 0 Å². The van der Waals surface area contributed by atoms with Gasteiger partial charge in [0.2, 0.25) is 10.0 Å². The fourth-order valence-corrected chi connectivity index (χ4v) is 3.69. The van der Waals surface area contributed by atoms with Gasteiger partial charge in [-0.15, -0.1) is 0 Å². The van der Waals surface area contributed by atoms with Crippen LogP contribution in [0.1, 0.15) is 17.3 Å². The zero-order valence-electron chi connectivity index (χ0n) is 14.2. The lowest BCUT2D eigenvalue weighted by Gasteiger charge is -2.21. The predicted octanol–water partition coefficient (Wildman–Crippen LogP) is 0.722. The van der Waals surface area contributed by atoms with Crippen LogP contribution in [0.15, 0.2) is 24.3 Å². The number of carbonyl (C=O) groups excluding carboxylic acids is 1. The van der Waals surface area contributed by atoms with Crippen LogP contribution in [0.5, 0.6) is 5.75 Å². The van der Waals surface area contributed by atoms with E-state index in [1.165, 1.54) is 18.4 Å². The van der Waals surface area contributed by atoms with Gasteiger partial charge in [0, 0.05) is 20.0 Å². The van der Waals surface area contributed by atoms with Crippen molar-refractivity contribution in [3.63, 3.8) is 0 Å². The third-order valence-corrected chi connectivity index (χ3v) is 5.89. The number of para-hydroxylation sites is 1. The lowest BCUT2D eigenvalue weighted by molar-refractivity contribution is 0.0922. The number of hydrogen-bond donors (Lipinski definition) is 1. The Labute approximate surface area is 143 Å². The SMILES string of the molecule is CCOc1ccccc1C(=O)N[C@@H]1COC[C@H]1CS(=O)(=O)N(C)C. The van der Waals surface area contributed by atoms with E-state index in [4.69, 9.17) is 9.47 Å². The van der Waals surface area contributed by atoms with Gasteiger partial charge in [-0.25, -0.2) is 12.7 Å². The van der Waals surface area contributed by atoms with Crippen LogP contribution in [-0.2, 0) is 14.8 Å². The normalized spacial score (nSPS) is 21.0. The zero-order chi connectivity index (χ0) is 17.7. The summed E-state index contributed by atoms with van der Waals surface area (Å²) >= 11 is 0. The lowest BCUT2D eigenvalue weighted by Crippen LogP contribution is -2.43. The molecule has 0 aromatic heterocycles. The van der Waals surface area contributed by atoms with Crippen molar-refractivity contribution in [3.05, 3.63) is 29.8 Å². The Morgan fingerprint density at radius 1 is 1.33 bits per heavy atom. The molecule has 1 aliphatic rings. The molecule has 1 aromatic rings. The Hall–Kier alpha value is -1.64. The molecular weight excluding hydrogens is 332 g/mol. The molecule has 1 amide bonds. The molecule has 0 aliphatic carbocycles. The summed E-state index contributed by atoms with van der Waals surface area (Å²) < 4.78 is 36.2. The average molecular weight is 356 g/mol. The van der Waals surface area contributed by atoms with Crippen molar-refractivity contribution < 1.29 is 22.7 Å². The van der Waals surface area contributed by atoms with Crippen molar-refractivity contribution in [1.82, 2.24) is 9.62 Å². The largest absolute Gasteiger partial charge is 0.493 e. The van der Waals surface area contributed by atoms with Crippen molar-refractivity contribution in [3.8, 4) is 5.75 Å². The smallest absolute Gasteiger partial charge is 0.255 e. The number of benzene rings is 1. The van der Waals surface area contributed by atoms with E-state index >= 15 is 0 Å². The van der Waals surface area contributed by atoms with Crippen molar-refractivity contribution in [1.29, 1.82) is 0 Å². The van der Waals surface area contributed by atoms with Gasteiger partial charge in [0.15, 0.2) is 0 Å². The molecule has 1 N–H and O–H groups in total. The van der Waals surface area contributed by atoms with E-state index in [-0.39, 0.29) is 23.6 Å². The van der Waals surface area contributed by atoms with E-state index in [9.17, 15) is 13.2 Å². The van der Waals surface area contributed by atoms with E-state index in [0.29, 0.717) is 31.1 Å². The molecule has 24 heavy (non-hydrogen) atoms. The molecular formula is C16H24N2O5S. The minimum Gasteiger partial charge on any atom is -0.493 e. The van der Waals surface area contributed by atoms with Gasteiger partial charge in [-0.1, -0.05) is 12.1 Å². The van der Waals surface area contributed by atoms with Crippen molar-refractivity contribution in [2.24, 2.45) is 5.92 Å². The molecule has 134 valence electrons. The molecule has 1 aliphatic heterocycles. The maximum Gasteiger partial charge on any atom is 0.255 e. The molecule has 8 heteroatoms. The van der Waals surface area contributed by atoms with Gasteiger partial charge in [0.25, 0.3) is 5.91 Å². The summed E-state index contributed by atoms with van der Waals surface area (Å²) in [5, 5.41) is 2.88. The molecule has 1 aromatic carbocycles. The van der Waals surface area contributed by atoms with Crippen LogP contribution in [0.2, 0.25) is 0 Å². The predicted molar refractivity (Wildman–Crippen MR) is 90.6 cm³/mol. The Balaban J connectivity index is 2.08. The molecule has 0 bridgehead atoms. The number of sulfonamides is 1. The van der Waals surface area contributed by atoms with E-state index in [2.05, 4.69) is 5.32 Å². The van der Waals surface area contributed by atoms with Crippen LogP contribution in [0, 0.1) is 5.92 Å². The molecule has 0 unspecified atom stereocenters. The van der Waals surface area contributed by atoms with Crippen LogP contribution < -0.4 is 10.1 Å². The quantitative estimate of drug-likeness (QED) is 0.778. The summed E-state index contributed by atoms with van der Waals surface area (Å²) in [5.74, 6) is -0.116. The van der Waals surface area contributed by atoms with Gasteiger partial charge >= 0.3 is 0 Å². The van der Waals surface area contributed by atoms with Crippen molar-refractivity contribution >= 4 is 15.9 Å². The fourth-order valence-electron chi connectivity index (χ4n) is 2.52. The standard InChI is InChI=1S/C16H24N2O5S/c1-4-23-15-8-6-5-7-13(15)16(19)17-14-10-22-9-12(14)11-24(20,21)18(2)3/h5-8,12,14H,4,9-11H2,1-3H3,(H,17,19)/t12-,14+/m0/s1. The third kappa shape index (κ3) is 4.46. The topological polar surface area (TPSA) is 84.9 Å². The van der Waals surface area contributed by atoms with Crippen LogP contribution in [0.4, 0.5) is 0 Å². The highest BCUT2D eigenvalue weighted by Gasteiger charge is 2.34. The molecule has 0 radical (unpaired) electrons. The summed E-state index contributed by atoms with van der Waals surface area (Å²) in [7, 11) is -0.360. The van der Waals surface area contributed by atoms with Crippen LogP contribution in [-0.4, -0.2) is 64.3 Å². The van der Waals surface area contributed by atoms with Gasteiger partial charge in [0.05, 0.1) is 37.2 Å². The Kier molecular flexibility index (Phi) is 6.20. The number of rotatable bonds is 7. The Morgan fingerprint density at radius 3 is 2.71 bits per heavy atom. The van der Waals surface area contributed by atoms with E-state index < -0.39 is 10.0 Å². The maximum atomic E-state index is 12.5. The minimum absolute atomic E-state index is 0.0575. The summed E-state index contributed by atoms with van der Waals surface area (Å²) in [6.45, 7) is 2.92. The first kappa shape index (κ1) is 18.7. The lowest BCUT2D eigenvalue weighted by atomic mass is 10.1. The summed E-state index contributed by atoms with van der Waals surface area (Å²) in [5.41, 5.74) is 0.431. The first-order valence-electron chi connectivity index (χ1n) is 7.85. The number of hydrogen-bond acceptors (Lipinski definition) is 5. The zero-order valence-corrected chi connectivity index (χ0v) is 15.0. The summed E-state index contributed by atoms with van der Waals surface area (Å²) in [4.78, 5) is 12.5. The second kappa shape index (κ2) is 7.96. The van der Waals surface area contributed by atoms with Crippen LogP contribution in [0.3, 0.4) is 0 Å². The highest BCUT2D eigenvalue weighted by Crippen LogP contribution is 2.21. The average Bonchev–Trinajstić information content (AvgIpc) is 2.94. The summed E-state index contributed by atoms with van der Waals surface area (Å²) in [6.07, 6.45) is 0. The molecule has 0 spiro atoms. The van der Waals surface area contributed by atoms with Crippen molar-refractivity contribution in [2.45, 2.75) is 13.0 Å². The Morgan fingerprint density at radius 2 is 2.04 bits per heavy atom. The summed E-state index contributed by atoms with van der Waals surface area (Å²) in [6, 6.07) is 6.63. The number of nitrogens with zero attached hydrogens (tertiary/aromatic N) is 1. The molecule has 1 fully saturated rings. The van der Waals surface area contributed by atoms with Gasteiger partial charge < -0.3 is 14.8 Å². The highest BCUT2D eigenvalue weighted by molar-refractivity contribution is 7.89. The molecule has 0 saturated carbocycles. The molecule has 7 nitrogen and oxygen atoms in total. The first-order valence-corrected chi connectivity index (χ1v) is 9.46. The Bertz CT molecular complexity index is 675. The molecule has 2 rings (SSSR count). The van der Waals surface area contributed by atoms with Crippen LogP contribution in [0.25, 0.3) is 0 Å². The van der Waals surface area contributed by atoms with Gasteiger partial charge in [-0.3, -0.25) is 4.79 Å². The minimum atomic E-state index is -3.35. The van der Waals surface area contributed by atoms with Crippen molar-refractivity contribution in [2.75, 3.05) is 39.7 Å². The molecule has 1 heterocycles. The second-order valence-corrected chi connectivity index (χ2v) is 8.10. The number of ether oxygens (including phenoxy) is 2. The third-order valence-electron chi connectivity index (χ3n) is 3.93. The molecule has 2 atom stereocenters. The fraction of sp³-hybridized carbons (Fsp3) is 0.562. The van der Waals surface area contributed by atoms with Gasteiger partial charge in [-0.05, 0) is 19.1 Å². The number of nitrogens with one attached hydrogen (secondary N) is 1. The van der Waals surface area contributed by atoms with E-state index in [1.807, 2.05) is 6.92 Å².